The molecule has 7 heteroatoms. The van der Waals surface area contributed by atoms with Crippen LogP contribution in [0.2, 0.25) is 0 Å². The summed E-state index contributed by atoms with van der Waals surface area (Å²) in [5.74, 6) is -2.39. The van der Waals surface area contributed by atoms with Crippen LogP contribution in [0.15, 0.2) is 24.3 Å². The highest BCUT2D eigenvalue weighted by atomic mass is 32.2. The first-order valence-electron chi connectivity index (χ1n) is 7.35. The van der Waals surface area contributed by atoms with E-state index in [9.17, 15) is 18.0 Å². The van der Waals surface area contributed by atoms with Gasteiger partial charge in [0.15, 0.2) is 0 Å². The number of hydrogen-bond donors (Lipinski definition) is 2. The topological polar surface area (TPSA) is 101 Å². The molecule has 2 unspecified atom stereocenters. The summed E-state index contributed by atoms with van der Waals surface area (Å²) in [5, 5.41) is 8.77. The largest absolute Gasteiger partial charge is 0.299 e. The minimum atomic E-state index is -3.25. The van der Waals surface area contributed by atoms with Gasteiger partial charge in [-0.3, -0.25) is 14.8 Å². The van der Waals surface area contributed by atoms with Crippen LogP contribution in [-0.4, -0.2) is 37.3 Å². The lowest BCUT2D eigenvalue weighted by molar-refractivity contribution is -0.136. The van der Waals surface area contributed by atoms with Gasteiger partial charge in [-0.15, -0.1) is 0 Å². The number of amides is 1. The zero-order valence-electron chi connectivity index (χ0n) is 13.6. The molecule has 0 fully saturated rings. The molecule has 0 heterocycles. The van der Waals surface area contributed by atoms with Crippen molar-refractivity contribution in [3.8, 4) is 0 Å². The molecule has 0 saturated heterocycles. The summed E-state index contributed by atoms with van der Waals surface area (Å²) >= 11 is 0. The van der Waals surface area contributed by atoms with E-state index in [2.05, 4.69) is 0 Å². The zero-order valence-corrected chi connectivity index (χ0v) is 14.4. The Balaban J connectivity index is 2.79. The molecule has 1 aromatic carbocycles. The summed E-state index contributed by atoms with van der Waals surface area (Å²) in [4.78, 5) is 24.0. The summed E-state index contributed by atoms with van der Waals surface area (Å²) in [6.07, 6.45) is 0.951. The van der Waals surface area contributed by atoms with Gasteiger partial charge in [-0.05, 0) is 18.9 Å². The van der Waals surface area contributed by atoms with Gasteiger partial charge in [0.25, 0.3) is 0 Å². The highest BCUT2D eigenvalue weighted by molar-refractivity contribution is 7.90. The van der Waals surface area contributed by atoms with Gasteiger partial charge in [-0.2, -0.15) is 0 Å². The molecule has 0 saturated carbocycles. The Hall–Kier alpha value is -1.73. The van der Waals surface area contributed by atoms with Gasteiger partial charge in [-0.25, -0.2) is 13.9 Å². The van der Waals surface area contributed by atoms with E-state index in [-0.39, 0.29) is 24.4 Å². The van der Waals surface area contributed by atoms with Crippen molar-refractivity contribution in [2.24, 2.45) is 5.92 Å². The number of carbonyl (C=O) groups is 2. The molecule has 0 aliphatic carbocycles. The van der Waals surface area contributed by atoms with Crippen molar-refractivity contribution in [2.75, 3.05) is 12.0 Å². The number of Topliss-reactive ketones (excluding diaryl/α,β-unsaturated/α-hetero) is 1. The molecule has 2 atom stereocenters. The quantitative estimate of drug-likeness (QED) is 0.553. The maximum absolute atomic E-state index is 12.4. The van der Waals surface area contributed by atoms with Crippen molar-refractivity contribution >= 4 is 21.5 Å². The van der Waals surface area contributed by atoms with E-state index in [0.29, 0.717) is 0 Å². The lowest BCUT2D eigenvalue weighted by atomic mass is 9.89. The SMILES string of the molecule is Cc1ccc(C(C)C(=O)CC(CCS(C)(=O)=O)C(=O)NO)cc1. The summed E-state index contributed by atoms with van der Waals surface area (Å²) in [7, 11) is -3.25. The average molecular weight is 341 g/mol. The van der Waals surface area contributed by atoms with Crippen LogP contribution in [-0.2, 0) is 19.4 Å². The van der Waals surface area contributed by atoms with Crippen molar-refractivity contribution in [1.82, 2.24) is 5.48 Å². The second-order valence-electron chi connectivity index (χ2n) is 5.89. The lowest BCUT2D eigenvalue weighted by Crippen LogP contribution is -2.31. The molecule has 0 spiro atoms. The molecule has 0 aliphatic rings. The molecular formula is C16H23NO5S. The maximum Gasteiger partial charge on any atom is 0.246 e. The summed E-state index contributed by atoms with van der Waals surface area (Å²) in [5.41, 5.74) is 3.43. The molecule has 0 radical (unpaired) electrons. The highest BCUT2D eigenvalue weighted by Crippen LogP contribution is 2.22. The van der Waals surface area contributed by atoms with Gasteiger partial charge in [0, 0.05) is 24.5 Å². The Bertz CT molecular complexity index is 652. The van der Waals surface area contributed by atoms with Crippen molar-refractivity contribution < 1.29 is 23.2 Å². The molecule has 23 heavy (non-hydrogen) atoms. The first-order valence-corrected chi connectivity index (χ1v) is 9.41. The molecule has 0 aromatic heterocycles. The normalized spacial score (nSPS) is 14.1. The number of aryl methyl sites for hydroxylation is 1. The number of benzene rings is 1. The van der Waals surface area contributed by atoms with Crippen molar-refractivity contribution in [3.05, 3.63) is 35.4 Å². The molecular weight excluding hydrogens is 318 g/mol. The van der Waals surface area contributed by atoms with E-state index in [1.807, 2.05) is 31.2 Å². The van der Waals surface area contributed by atoms with E-state index >= 15 is 0 Å². The Kier molecular flexibility index (Phi) is 6.90. The van der Waals surface area contributed by atoms with E-state index in [4.69, 9.17) is 5.21 Å². The number of ketones is 1. The number of hydrogen-bond acceptors (Lipinski definition) is 5. The summed E-state index contributed by atoms with van der Waals surface area (Å²) in [6, 6.07) is 7.52. The van der Waals surface area contributed by atoms with Gasteiger partial charge < -0.3 is 0 Å². The van der Waals surface area contributed by atoms with E-state index in [1.54, 1.807) is 6.92 Å². The monoisotopic (exact) mass is 341 g/mol. The lowest BCUT2D eigenvalue weighted by Gasteiger charge is -2.17. The van der Waals surface area contributed by atoms with Gasteiger partial charge in [0.05, 0.1) is 5.75 Å². The first-order chi connectivity index (χ1) is 10.6. The van der Waals surface area contributed by atoms with Crippen molar-refractivity contribution in [3.63, 3.8) is 0 Å². The second kappa shape index (κ2) is 8.21. The Morgan fingerprint density at radius 2 is 1.78 bits per heavy atom. The minimum absolute atomic E-state index is 0.00240. The van der Waals surface area contributed by atoms with Gasteiger partial charge >= 0.3 is 0 Å². The van der Waals surface area contributed by atoms with Crippen LogP contribution in [0, 0.1) is 12.8 Å². The molecule has 2 N–H and O–H groups in total. The van der Waals surface area contributed by atoms with Crippen molar-refractivity contribution in [1.29, 1.82) is 0 Å². The Morgan fingerprint density at radius 1 is 1.22 bits per heavy atom. The molecule has 0 aliphatic heterocycles. The summed E-state index contributed by atoms with van der Waals surface area (Å²) in [6.45, 7) is 3.69. The van der Waals surface area contributed by atoms with Crippen LogP contribution in [0.25, 0.3) is 0 Å². The highest BCUT2D eigenvalue weighted by Gasteiger charge is 2.26. The van der Waals surface area contributed by atoms with Crippen LogP contribution >= 0.6 is 0 Å². The predicted molar refractivity (Wildman–Crippen MR) is 87.0 cm³/mol. The second-order valence-corrected chi connectivity index (χ2v) is 8.15. The zero-order chi connectivity index (χ0) is 17.6. The fraction of sp³-hybridized carbons (Fsp3) is 0.500. The smallest absolute Gasteiger partial charge is 0.246 e. The fourth-order valence-corrected chi connectivity index (χ4v) is 2.95. The van der Waals surface area contributed by atoms with Gasteiger partial charge in [-0.1, -0.05) is 36.8 Å². The Morgan fingerprint density at radius 3 is 2.26 bits per heavy atom. The summed E-state index contributed by atoms with van der Waals surface area (Å²) < 4.78 is 22.5. The van der Waals surface area contributed by atoms with E-state index < -0.39 is 27.6 Å². The molecule has 1 amide bonds. The van der Waals surface area contributed by atoms with Crippen LogP contribution in [0.4, 0.5) is 0 Å². The third kappa shape index (κ3) is 6.50. The van der Waals surface area contributed by atoms with Crippen LogP contribution in [0.5, 0.6) is 0 Å². The maximum atomic E-state index is 12.4. The van der Waals surface area contributed by atoms with E-state index in [1.165, 1.54) is 5.48 Å². The number of rotatable bonds is 8. The number of carbonyl (C=O) groups excluding carboxylic acids is 2. The van der Waals surface area contributed by atoms with Crippen LogP contribution < -0.4 is 5.48 Å². The minimum Gasteiger partial charge on any atom is -0.299 e. The fourth-order valence-electron chi connectivity index (χ4n) is 2.23. The van der Waals surface area contributed by atoms with Crippen molar-refractivity contribution in [2.45, 2.75) is 32.6 Å². The third-order valence-corrected chi connectivity index (χ3v) is 4.80. The molecule has 1 aromatic rings. The average Bonchev–Trinajstić information content (AvgIpc) is 2.49. The van der Waals surface area contributed by atoms with Gasteiger partial charge in [0.1, 0.15) is 15.6 Å². The number of hydroxylamine groups is 1. The molecule has 128 valence electrons. The predicted octanol–water partition coefficient (Wildman–Crippen LogP) is 1.61. The molecule has 0 bridgehead atoms. The standard InChI is InChI=1S/C16H23NO5S/c1-11-4-6-13(7-5-11)12(2)15(18)10-14(16(19)17-20)8-9-23(3,21)22/h4-7,12,14,20H,8-10H2,1-3H3,(H,17,19). The molecule has 6 nitrogen and oxygen atoms in total. The Labute approximate surface area is 136 Å². The number of nitrogens with one attached hydrogen (secondary N) is 1. The first kappa shape index (κ1) is 19.3. The van der Waals surface area contributed by atoms with Crippen LogP contribution in [0.3, 0.4) is 0 Å². The van der Waals surface area contributed by atoms with E-state index in [0.717, 1.165) is 17.4 Å². The third-order valence-electron chi connectivity index (χ3n) is 3.83. The van der Waals surface area contributed by atoms with Crippen LogP contribution in [0.1, 0.15) is 36.8 Å². The molecule has 1 rings (SSSR count). The van der Waals surface area contributed by atoms with Gasteiger partial charge in [0.2, 0.25) is 5.91 Å². The number of sulfone groups is 1.